The molecule has 0 aromatic heterocycles. The lowest BCUT2D eigenvalue weighted by Crippen LogP contribution is -2.27. The number of ether oxygens (including phenoxy) is 2. The van der Waals surface area contributed by atoms with E-state index in [0.717, 1.165) is 39.2 Å². The minimum Gasteiger partial charge on any atom is -0.493 e. The summed E-state index contributed by atoms with van der Waals surface area (Å²) in [4.78, 5) is 27.6. The first kappa shape index (κ1) is 26.4. The first-order chi connectivity index (χ1) is 17.6. The van der Waals surface area contributed by atoms with Gasteiger partial charge in [0.15, 0.2) is 22.4 Å². The molecular weight excluding hydrogens is 504 g/mol. The maximum atomic E-state index is 13.2. The van der Waals surface area contributed by atoms with Crippen molar-refractivity contribution in [2.24, 2.45) is 0 Å². The molecule has 1 N–H and O–H groups in total. The van der Waals surface area contributed by atoms with Gasteiger partial charge in [0.25, 0.3) is 11.8 Å². The number of thiocarbonyl (C=S) groups is 1. The Morgan fingerprint density at radius 3 is 2.38 bits per heavy atom. The molecule has 0 spiro atoms. The van der Waals surface area contributed by atoms with Crippen LogP contribution in [0.1, 0.15) is 27.8 Å². The molecule has 0 aliphatic carbocycles. The summed E-state index contributed by atoms with van der Waals surface area (Å²) in [6.45, 7) is 7.83. The van der Waals surface area contributed by atoms with Crippen LogP contribution in [0.5, 0.6) is 11.5 Å². The fourth-order valence-electron chi connectivity index (χ4n) is 3.99. The van der Waals surface area contributed by atoms with Crippen molar-refractivity contribution >= 4 is 57.6 Å². The molecule has 0 saturated carbocycles. The highest BCUT2D eigenvalue weighted by Crippen LogP contribution is 2.37. The highest BCUT2D eigenvalue weighted by atomic mass is 32.2. The molecule has 3 aromatic rings. The summed E-state index contributed by atoms with van der Waals surface area (Å²) in [6.07, 6.45) is 1.78. The summed E-state index contributed by atoms with van der Waals surface area (Å²) in [5.74, 6) is 0.447. The number of carbonyl (C=O) groups excluding carboxylic acids is 2. The van der Waals surface area contributed by atoms with Gasteiger partial charge in [-0.25, -0.2) is 0 Å². The summed E-state index contributed by atoms with van der Waals surface area (Å²) in [5, 5.41) is 2.85. The average Bonchev–Trinajstić information content (AvgIpc) is 3.11. The van der Waals surface area contributed by atoms with Gasteiger partial charge in [-0.2, -0.15) is 0 Å². The van der Waals surface area contributed by atoms with Crippen molar-refractivity contribution in [2.75, 3.05) is 23.9 Å². The zero-order valence-electron chi connectivity index (χ0n) is 21.4. The summed E-state index contributed by atoms with van der Waals surface area (Å²) < 4.78 is 11.7. The van der Waals surface area contributed by atoms with Gasteiger partial charge in [0.1, 0.15) is 0 Å². The molecule has 1 aliphatic heterocycles. The summed E-state index contributed by atoms with van der Waals surface area (Å²) in [6, 6.07) is 17.0. The van der Waals surface area contributed by atoms with Crippen molar-refractivity contribution in [3.05, 3.63) is 87.3 Å². The van der Waals surface area contributed by atoms with Gasteiger partial charge >= 0.3 is 0 Å². The first-order valence-corrected chi connectivity index (χ1v) is 12.9. The fourth-order valence-corrected chi connectivity index (χ4v) is 5.29. The molecule has 6 nitrogen and oxygen atoms in total. The monoisotopic (exact) mass is 532 g/mol. The Hall–Kier alpha value is -3.62. The van der Waals surface area contributed by atoms with Crippen LogP contribution in [0.2, 0.25) is 0 Å². The molecule has 3 aromatic carbocycles. The fraction of sp³-hybridized carbons (Fsp3) is 0.207. The maximum absolute atomic E-state index is 13.2. The Bertz CT molecular complexity index is 1410. The molecule has 1 fully saturated rings. The second kappa shape index (κ2) is 11.2. The lowest BCUT2D eigenvalue weighted by molar-refractivity contribution is -0.118. The number of hydrogen-bond acceptors (Lipinski definition) is 6. The van der Waals surface area contributed by atoms with Gasteiger partial charge in [-0.1, -0.05) is 42.2 Å². The largest absolute Gasteiger partial charge is 0.493 e. The third-order valence-corrected chi connectivity index (χ3v) is 7.19. The van der Waals surface area contributed by atoms with E-state index < -0.39 is 0 Å². The van der Waals surface area contributed by atoms with E-state index in [1.54, 1.807) is 23.1 Å². The predicted molar refractivity (Wildman–Crippen MR) is 155 cm³/mol. The summed E-state index contributed by atoms with van der Waals surface area (Å²) in [7, 11) is 1.53. The highest BCUT2D eigenvalue weighted by molar-refractivity contribution is 8.27. The molecular formula is C29H28N2O4S2. The van der Waals surface area contributed by atoms with Gasteiger partial charge in [-0.3, -0.25) is 14.5 Å². The molecule has 0 bridgehead atoms. The van der Waals surface area contributed by atoms with Gasteiger partial charge in [0.2, 0.25) is 0 Å². The topological polar surface area (TPSA) is 67.9 Å². The molecule has 190 valence electrons. The van der Waals surface area contributed by atoms with Crippen LogP contribution in [-0.4, -0.2) is 29.9 Å². The van der Waals surface area contributed by atoms with Crippen LogP contribution in [-0.2, 0) is 9.59 Å². The number of aryl methyl sites for hydroxylation is 4. The van der Waals surface area contributed by atoms with E-state index in [4.69, 9.17) is 21.7 Å². The van der Waals surface area contributed by atoms with E-state index in [2.05, 4.69) is 5.32 Å². The number of anilines is 2. The third kappa shape index (κ3) is 6.21. The maximum Gasteiger partial charge on any atom is 0.270 e. The molecule has 2 amide bonds. The van der Waals surface area contributed by atoms with Crippen molar-refractivity contribution < 1.29 is 19.1 Å². The second-order valence-electron chi connectivity index (χ2n) is 8.91. The minimum atomic E-state index is -0.272. The molecule has 4 rings (SSSR count). The van der Waals surface area contributed by atoms with Gasteiger partial charge in [-0.15, -0.1) is 0 Å². The number of benzene rings is 3. The van der Waals surface area contributed by atoms with Crippen LogP contribution in [0.3, 0.4) is 0 Å². The van der Waals surface area contributed by atoms with Crippen LogP contribution in [0.25, 0.3) is 6.08 Å². The van der Waals surface area contributed by atoms with Crippen LogP contribution in [0.4, 0.5) is 11.4 Å². The minimum absolute atomic E-state index is 0.166. The number of nitrogens with one attached hydrogen (secondary N) is 1. The lowest BCUT2D eigenvalue weighted by Gasteiger charge is -2.16. The second-order valence-corrected chi connectivity index (χ2v) is 10.6. The van der Waals surface area contributed by atoms with Crippen molar-refractivity contribution in [3.63, 3.8) is 0 Å². The number of nitrogens with zero attached hydrogens (tertiary/aromatic N) is 1. The number of methoxy groups -OCH3 is 1. The Morgan fingerprint density at radius 2 is 1.70 bits per heavy atom. The number of thioether (sulfide) groups is 1. The Labute approximate surface area is 226 Å². The summed E-state index contributed by atoms with van der Waals surface area (Å²) >= 11 is 6.76. The van der Waals surface area contributed by atoms with Crippen molar-refractivity contribution in [3.8, 4) is 11.5 Å². The molecule has 0 atom stereocenters. The standard InChI is InChI=1S/C29H28N2O4S2/c1-17-10-18(2)12-22(11-17)30-27(32)16-35-24-9-7-21(14-25(24)34-5)15-26-28(33)31(29(36)37-26)23-8-6-19(3)20(4)13-23/h6-15H,16H2,1-5H3,(H,30,32)/b26-15-. The van der Waals surface area contributed by atoms with Crippen LogP contribution >= 0.6 is 24.0 Å². The number of carbonyl (C=O) groups is 2. The molecule has 1 aliphatic rings. The van der Waals surface area contributed by atoms with E-state index in [0.29, 0.717) is 20.7 Å². The van der Waals surface area contributed by atoms with Crippen molar-refractivity contribution in [2.45, 2.75) is 27.7 Å². The van der Waals surface area contributed by atoms with Crippen LogP contribution < -0.4 is 19.7 Å². The van der Waals surface area contributed by atoms with Crippen LogP contribution in [0, 0.1) is 27.7 Å². The molecule has 37 heavy (non-hydrogen) atoms. The Morgan fingerprint density at radius 1 is 0.973 bits per heavy atom. The highest BCUT2D eigenvalue weighted by Gasteiger charge is 2.33. The average molecular weight is 533 g/mol. The lowest BCUT2D eigenvalue weighted by atomic mass is 10.1. The molecule has 1 saturated heterocycles. The molecule has 1 heterocycles. The predicted octanol–water partition coefficient (Wildman–Crippen LogP) is 6.35. The number of hydrogen-bond donors (Lipinski definition) is 1. The van der Waals surface area contributed by atoms with E-state index in [1.165, 1.54) is 18.9 Å². The normalized spacial score (nSPS) is 14.3. The van der Waals surface area contributed by atoms with Gasteiger partial charge in [0.05, 0.1) is 17.7 Å². The Balaban J connectivity index is 1.46. The SMILES string of the molecule is COc1cc(/C=C2\SC(=S)N(c3ccc(C)c(C)c3)C2=O)ccc1OCC(=O)Nc1cc(C)cc(C)c1. The molecule has 8 heteroatoms. The summed E-state index contributed by atoms with van der Waals surface area (Å²) in [5.41, 5.74) is 6.63. The van der Waals surface area contributed by atoms with Gasteiger partial charge in [0, 0.05) is 5.69 Å². The van der Waals surface area contributed by atoms with Gasteiger partial charge in [-0.05, 0) is 98.0 Å². The van der Waals surface area contributed by atoms with E-state index in [-0.39, 0.29) is 18.4 Å². The zero-order valence-corrected chi connectivity index (χ0v) is 23.0. The van der Waals surface area contributed by atoms with Crippen LogP contribution in [0.15, 0.2) is 59.5 Å². The zero-order chi connectivity index (χ0) is 26.7. The molecule has 0 radical (unpaired) electrons. The van der Waals surface area contributed by atoms with Crippen molar-refractivity contribution in [1.82, 2.24) is 0 Å². The first-order valence-electron chi connectivity index (χ1n) is 11.7. The quantitative estimate of drug-likeness (QED) is 0.282. The van der Waals surface area contributed by atoms with E-state index in [1.807, 2.05) is 70.2 Å². The van der Waals surface area contributed by atoms with Gasteiger partial charge < -0.3 is 14.8 Å². The van der Waals surface area contributed by atoms with E-state index in [9.17, 15) is 9.59 Å². The van der Waals surface area contributed by atoms with Crippen molar-refractivity contribution in [1.29, 1.82) is 0 Å². The Kier molecular flexibility index (Phi) is 8.00. The smallest absolute Gasteiger partial charge is 0.270 e. The third-order valence-electron chi connectivity index (χ3n) is 5.89. The number of rotatable bonds is 7. The van der Waals surface area contributed by atoms with E-state index >= 15 is 0 Å². The number of amides is 2. The molecule has 0 unspecified atom stereocenters.